The first-order chi connectivity index (χ1) is 11.1. The maximum Gasteiger partial charge on any atom is 0.275 e. The third-order valence-corrected chi connectivity index (χ3v) is 4.26. The molecule has 0 atom stereocenters. The molecule has 0 aliphatic carbocycles. The van der Waals surface area contributed by atoms with Gasteiger partial charge in [0.05, 0.1) is 5.01 Å². The Labute approximate surface area is 141 Å². The molecule has 1 N–H and O–H groups in total. The number of carbonyl (C=O) groups excluding carboxylic acids is 1. The molecule has 0 unspecified atom stereocenters. The van der Waals surface area contributed by atoms with Crippen molar-refractivity contribution in [3.8, 4) is 0 Å². The number of amides is 1. The monoisotopic (exact) mass is 346 g/mol. The zero-order valence-corrected chi connectivity index (χ0v) is 13.5. The summed E-state index contributed by atoms with van der Waals surface area (Å²) in [4.78, 5) is 16.5. The fourth-order valence-corrected chi connectivity index (χ4v) is 2.94. The van der Waals surface area contributed by atoms with Gasteiger partial charge in [0, 0.05) is 22.5 Å². The van der Waals surface area contributed by atoms with Crippen LogP contribution in [0, 0.1) is 5.82 Å². The molecule has 3 rings (SSSR count). The van der Waals surface area contributed by atoms with Crippen molar-refractivity contribution < 1.29 is 9.18 Å². The van der Waals surface area contributed by atoms with E-state index in [1.165, 1.54) is 35.6 Å². The van der Waals surface area contributed by atoms with Crippen LogP contribution in [0.25, 0.3) is 0 Å². The predicted molar refractivity (Wildman–Crippen MR) is 90.7 cm³/mol. The van der Waals surface area contributed by atoms with Crippen LogP contribution in [-0.4, -0.2) is 10.9 Å². The van der Waals surface area contributed by atoms with E-state index in [1.807, 2.05) is 24.3 Å². The molecule has 1 amide bonds. The second-order valence-electron chi connectivity index (χ2n) is 4.89. The molecule has 1 heterocycles. The number of rotatable bonds is 4. The number of nitrogens with one attached hydrogen (secondary N) is 1. The Balaban J connectivity index is 1.67. The topological polar surface area (TPSA) is 42.0 Å². The zero-order chi connectivity index (χ0) is 16.2. The van der Waals surface area contributed by atoms with Gasteiger partial charge < -0.3 is 5.32 Å². The average molecular weight is 347 g/mol. The molecule has 3 nitrogen and oxygen atoms in total. The minimum absolute atomic E-state index is 0.310. The summed E-state index contributed by atoms with van der Waals surface area (Å²) < 4.78 is 12.9. The highest BCUT2D eigenvalue weighted by Gasteiger charge is 2.11. The Morgan fingerprint density at radius 1 is 1.13 bits per heavy atom. The van der Waals surface area contributed by atoms with Crippen LogP contribution >= 0.6 is 22.9 Å². The molecule has 1 aromatic heterocycles. The molecule has 0 aliphatic rings. The first kappa shape index (κ1) is 15.6. The van der Waals surface area contributed by atoms with E-state index < -0.39 is 0 Å². The van der Waals surface area contributed by atoms with Gasteiger partial charge >= 0.3 is 0 Å². The maximum atomic E-state index is 12.9. The van der Waals surface area contributed by atoms with E-state index in [1.54, 1.807) is 5.38 Å². The summed E-state index contributed by atoms with van der Waals surface area (Å²) in [6, 6.07) is 13.1. The number of nitrogens with zero attached hydrogens (tertiary/aromatic N) is 1. The van der Waals surface area contributed by atoms with E-state index in [4.69, 9.17) is 11.6 Å². The van der Waals surface area contributed by atoms with E-state index in [9.17, 15) is 9.18 Å². The lowest BCUT2D eigenvalue weighted by Crippen LogP contribution is -2.12. The summed E-state index contributed by atoms with van der Waals surface area (Å²) in [6.45, 7) is 0. The summed E-state index contributed by atoms with van der Waals surface area (Å²) in [5.41, 5.74) is 1.96. The van der Waals surface area contributed by atoms with Crippen LogP contribution in [0.2, 0.25) is 5.02 Å². The van der Waals surface area contributed by atoms with Gasteiger partial charge in [-0.25, -0.2) is 9.37 Å². The van der Waals surface area contributed by atoms with Crippen molar-refractivity contribution in [2.24, 2.45) is 0 Å². The van der Waals surface area contributed by atoms with Crippen molar-refractivity contribution in [2.45, 2.75) is 6.42 Å². The fourth-order valence-electron chi connectivity index (χ4n) is 2.00. The molecule has 6 heteroatoms. The van der Waals surface area contributed by atoms with Crippen LogP contribution in [-0.2, 0) is 6.42 Å². The Kier molecular flexibility index (Phi) is 4.69. The summed E-state index contributed by atoms with van der Waals surface area (Å²) in [6.07, 6.45) is 0.645. The van der Waals surface area contributed by atoms with Crippen LogP contribution in [0.15, 0.2) is 53.9 Å². The van der Waals surface area contributed by atoms with Gasteiger partial charge in [-0.3, -0.25) is 4.79 Å². The molecule has 2 aromatic carbocycles. The van der Waals surface area contributed by atoms with Gasteiger partial charge in [-0.05, 0) is 42.0 Å². The fraction of sp³-hybridized carbons (Fsp3) is 0.0588. The molecule has 0 spiro atoms. The number of benzene rings is 2. The average Bonchev–Trinajstić information content (AvgIpc) is 3.00. The van der Waals surface area contributed by atoms with E-state index in [-0.39, 0.29) is 11.7 Å². The van der Waals surface area contributed by atoms with Crippen molar-refractivity contribution >= 4 is 34.5 Å². The molecule has 116 valence electrons. The summed E-state index contributed by atoms with van der Waals surface area (Å²) in [5, 5.41) is 5.93. The molecule has 3 aromatic rings. The second-order valence-corrected chi connectivity index (χ2v) is 6.27. The Morgan fingerprint density at radius 2 is 1.83 bits per heavy atom. The van der Waals surface area contributed by atoms with Crippen molar-refractivity contribution in [2.75, 3.05) is 5.32 Å². The number of aromatic nitrogens is 1. The molecule has 0 fully saturated rings. The Hall–Kier alpha value is -2.24. The van der Waals surface area contributed by atoms with Crippen LogP contribution < -0.4 is 5.32 Å². The highest BCUT2D eigenvalue weighted by molar-refractivity contribution is 7.09. The number of halogens is 2. The minimum atomic E-state index is -0.345. The molecule has 0 bridgehead atoms. The van der Waals surface area contributed by atoms with Gasteiger partial charge in [-0.15, -0.1) is 11.3 Å². The molecule has 0 saturated heterocycles. The third kappa shape index (κ3) is 4.15. The van der Waals surface area contributed by atoms with Crippen molar-refractivity contribution in [1.29, 1.82) is 0 Å². The standard InChI is InChI=1S/C17H12ClFN2OS/c18-12-3-1-11(2-4-12)9-16-21-15(10-23-16)17(22)20-14-7-5-13(19)6-8-14/h1-8,10H,9H2,(H,20,22). The molecular formula is C17H12ClFN2OS. The molecule has 23 heavy (non-hydrogen) atoms. The van der Waals surface area contributed by atoms with E-state index in [0.717, 1.165) is 10.6 Å². The highest BCUT2D eigenvalue weighted by atomic mass is 35.5. The van der Waals surface area contributed by atoms with Crippen LogP contribution in [0.5, 0.6) is 0 Å². The summed E-state index contributed by atoms with van der Waals surface area (Å²) in [7, 11) is 0. The van der Waals surface area contributed by atoms with E-state index in [0.29, 0.717) is 22.8 Å². The smallest absolute Gasteiger partial charge is 0.275 e. The Morgan fingerprint density at radius 3 is 2.52 bits per heavy atom. The summed E-state index contributed by atoms with van der Waals surface area (Å²) in [5.74, 6) is -0.655. The predicted octanol–water partition coefficient (Wildman–Crippen LogP) is 4.78. The largest absolute Gasteiger partial charge is 0.321 e. The van der Waals surface area contributed by atoms with Gasteiger partial charge in [0.25, 0.3) is 5.91 Å². The number of thiazole rings is 1. The van der Waals surface area contributed by atoms with Crippen LogP contribution in [0.3, 0.4) is 0 Å². The van der Waals surface area contributed by atoms with Gasteiger partial charge in [0.15, 0.2) is 0 Å². The number of carbonyl (C=O) groups is 1. The molecular weight excluding hydrogens is 335 g/mol. The van der Waals surface area contributed by atoms with Crippen molar-refractivity contribution in [3.63, 3.8) is 0 Å². The van der Waals surface area contributed by atoms with Crippen molar-refractivity contribution in [1.82, 2.24) is 4.98 Å². The van der Waals surface area contributed by atoms with Crippen LogP contribution in [0.1, 0.15) is 21.1 Å². The first-order valence-corrected chi connectivity index (χ1v) is 8.12. The van der Waals surface area contributed by atoms with Gasteiger partial charge in [-0.1, -0.05) is 23.7 Å². The lowest BCUT2D eigenvalue weighted by atomic mass is 10.2. The van der Waals surface area contributed by atoms with Gasteiger partial charge in [0.1, 0.15) is 11.5 Å². The van der Waals surface area contributed by atoms with Gasteiger partial charge in [-0.2, -0.15) is 0 Å². The lowest BCUT2D eigenvalue weighted by molar-refractivity contribution is 0.102. The zero-order valence-electron chi connectivity index (χ0n) is 11.9. The number of hydrogen-bond acceptors (Lipinski definition) is 3. The summed E-state index contributed by atoms with van der Waals surface area (Å²) >= 11 is 7.28. The molecule has 0 aliphatic heterocycles. The molecule has 0 saturated carbocycles. The first-order valence-electron chi connectivity index (χ1n) is 6.86. The SMILES string of the molecule is O=C(Nc1ccc(F)cc1)c1csc(Cc2ccc(Cl)cc2)n1. The quantitative estimate of drug-likeness (QED) is 0.738. The van der Waals surface area contributed by atoms with E-state index >= 15 is 0 Å². The number of hydrogen-bond donors (Lipinski definition) is 1. The van der Waals surface area contributed by atoms with Crippen molar-refractivity contribution in [3.05, 3.63) is 81.0 Å². The van der Waals surface area contributed by atoms with Crippen LogP contribution in [0.4, 0.5) is 10.1 Å². The lowest BCUT2D eigenvalue weighted by Gasteiger charge is -2.02. The third-order valence-electron chi connectivity index (χ3n) is 3.16. The molecule has 0 radical (unpaired) electrons. The van der Waals surface area contributed by atoms with E-state index in [2.05, 4.69) is 10.3 Å². The highest BCUT2D eigenvalue weighted by Crippen LogP contribution is 2.18. The van der Waals surface area contributed by atoms with Gasteiger partial charge in [0.2, 0.25) is 0 Å². The Bertz CT molecular complexity index is 815. The number of anilines is 1. The second kappa shape index (κ2) is 6.89. The maximum absolute atomic E-state index is 12.9. The normalized spacial score (nSPS) is 10.5. The minimum Gasteiger partial charge on any atom is -0.321 e.